The smallest absolute Gasteiger partial charge is 0.313 e. The molecule has 24 heavy (non-hydrogen) atoms. The van der Waals surface area contributed by atoms with Gasteiger partial charge in [-0.15, -0.1) is 0 Å². The minimum absolute atomic E-state index is 0.184. The van der Waals surface area contributed by atoms with Gasteiger partial charge in [-0.3, -0.25) is 9.59 Å². The molecular formula is C18H19ClN2O3. The molecule has 3 N–H and O–H groups in total. The Morgan fingerprint density at radius 2 is 1.83 bits per heavy atom. The maximum Gasteiger partial charge on any atom is 0.313 e. The number of nitrogens with one attached hydrogen (secondary N) is 2. The molecule has 0 aliphatic carbocycles. The van der Waals surface area contributed by atoms with Crippen molar-refractivity contribution >= 4 is 29.1 Å². The SMILES string of the molecule is Cc1ccc(NC(=O)C(=O)NCCC(O)c2ccccc2)c(Cl)c1. The summed E-state index contributed by atoms with van der Waals surface area (Å²) in [5.41, 5.74) is 2.10. The molecule has 2 amide bonds. The van der Waals surface area contributed by atoms with Gasteiger partial charge in [-0.1, -0.05) is 48.0 Å². The second kappa shape index (κ2) is 8.47. The number of amides is 2. The van der Waals surface area contributed by atoms with Gasteiger partial charge in [-0.25, -0.2) is 0 Å². The molecule has 2 rings (SSSR count). The number of rotatable bonds is 5. The molecule has 1 unspecified atom stereocenters. The molecule has 0 heterocycles. The zero-order chi connectivity index (χ0) is 17.5. The maximum atomic E-state index is 11.9. The lowest BCUT2D eigenvalue weighted by Crippen LogP contribution is -2.36. The van der Waals surface area contributed by atoms with Crippen molar-refractivity contribution in [3.8, 4) is 0 Å². The van der Waals surface area contributed by atoms with E-state index in [0.29, 0.717) is 17.1 Å². The van der Waals surface area contributed by atoms with E-state index in [1.54, 1.807) is 30.3 Å². The van der Waals surface area contributed by atoms with Gasteiger partial charge in [-0.05, 0) is 36.6 Å². The Bertz CT molecular complexity index is 719. The molecule has 0 saturated carbocycles. The fourth-order valence-electron chi connectivity index (χ4n) is 2.15. The highest BCUT2D eigenvalue weighted by Gasteiger charge is 2.15. The number of hydrogen-bond acceptors (Lipinski definition) is 3. The Morgan fingerprint density at radius 1 is 1.12 bits per heavy atom. The van der Waals surface area contributed by atoms with Gasteiger partial charge in [0.2, 0.25) is 0 Å². The minimum Gasteiger partial charge on any atom is -0.388 e. The van der Waals surface area contributed by atoms with Crippen LogP contribution in [0.3, 0.4) is 0 Å². The van der Waals surface area contributed by atoms with Crippen LogP contribution in [0.15, 0.2) is 48.5 Å². The molecule has 0 aliphatic heterocycles. The van der Waals surface area contributed by atoms with Crippen LogP contribution in [0.1, 0.15) is 23.7 Å². The molecular weight excluding hydrogens is 328 g/mol. The first-order valence-electron chi connectivity index (χ1n) is 7.55. The number of aliphatic hydroxyl groups is 1. The quantitative estimate of drug-likeness (QED) is 0.728. The number of carbonyl (C=O) groups excluding carboxylic acids is 2. The van der Waals surface area contributed by atoms with E-state index < -0.39 is 17.9 Å². The highest BCUT2D eigenvalue weighted by Crippen LogP contribution is 2.22. The molecule has 0 spiro atoms. The van der Waals surface area contributed by atoms with Gasteiger partial charge in [0.15, 0.2) is 0 Å². The zero-order valence-corrected chi connectivity index (χ0v) is 14.0. The lowest BCUT2D eigenvalue weighted by Gasteiger charge is -2.12. The molecule has 6 heteroatoms. The number of hydrogen-bond donors (Lipinski definition) is 3. The van der Waals surface area contributed by atoms with E-state index in [1.165, 1.54) is 0 Å². The Kier molecular flexibility index (Phi) is 6.35. The van der Waals surface area contributed by atoms with E-state index in [9.17, 15) is 14.7 Å². The Morgan fingerprint density at radius 3 is 2.50 bits per heavy atom. The van der Waals surface area contributed by atoms with Crippen molar-refractivity contribution < 1.29 is 14.7 Å². The molecule has 2 aromatic carbocycles. The van der Waals surface area contributed by atoms with Crippen molar-refractivity contribution in [2.24, 2.45) is 0 Å². The average Bonchev–Trinajstić information content (AvgIpc) is 2.57. The number of benzene rings is 2. The predicted molar refractivity (Wildman–Crippen MR) is 93.8 cm³/mol. The average molecular weight is 347 g/mol. The van der Waals surface area contributed by atoms with Crippen LogP contribution in [0, 0.1) is 6.92 Å². The van der Waals surface area contributed by atoms with Crippen molar-refractivity contribution in [3.05, 3.63) is 64.7 Å². The molecule has 2 aromatic rings. The molecule has 0 aliphatic rings. The summed E-state index contributed by atoms with van der Waals surface area (Å²) >= 11 is 6.01. The minimum atomic E-state index is -0.796. The summed E-state index contributed by atoms with van der Waals surface area (Å²) in [5, 5.41) is 15.3. The van der Waals surface area contributed by atoms with E-state index in [4.69, 9.17) is 11.6 Å². The second-order valence-corrected chi connectivity index (χ2v) is 5.82. The van der Waals surface area contributed by atoms with Crippen molar-refractivity contribution in [1.82, 2.24) is 5.32 Å². The third-order valence-electron chi connectivity index (χ3n) is 3.47. The highest BCUT2D eigenvalue weighted by molar-refractivity contribution is 6.41. The summed E-state index contributed by atoms with van der Waals surface area (Å²) in [4.78, 5) is 23.6. The highest BCUT2D eigenvalue weighted by atomic mass is 35.5. The number of anilines is 1. The fraction of sp³-hybridized carbons (Fsp3) is 0.222. The van der Waals surface area contributed by atoms with E-state index >= 15 is 0 Å². The molecule has 0 bridgehead atoms. The molecule has 0 aromatic heterocycles. The van der Waals surface area contributed by atoms with Gasteiger partial charge in [-0.2, -0.15) is 0 Å². The van der Waals surface area contributed by atoms with E-state index in [1.807, 2.05) is 25.1 Å². The summed E-state index contributed by atoms with van der Waals surface area (Å²) in [5.74, 6) is -1.57. The third-order valence-corrected chi connectivity index (χ3v) is 3.78. The molecule has 0 fully saturated rings. The predicted octanol–water partition coefficient (Wildman–Crippen LogP) is 2.83. The fourth-order valence-corrected chi connectivity index (χ4v) is 2.43. The first-order chi connectivity index (χ1) is 11.5. The van der Waals surface area contributed by atoms with Crippen molar-refractivity contribution in [2.45, 2.75) is 19.4 Å². The molecule has 0 saturated heterocycles. The number of halogens is 1. The standard InChI is InChI=1S/C18H19ClN2O3/c1-12-7-8-15(14(19)11-12)21-18(24)17(23)20-10-9-16(22)13-5-3-2-4-6-13/h2-8,11,16,22H,9-10H2,1H3,(H,20,23)(H,21,24). The van der Waals surface area contributed by atoms with Gasteiger partial charge < -0.3 is 15.7 Å². The van der Waals surface area contributed by atoms with Gasteiger partial charge in [0, 0.05) is 6.54 Å². The number of aryl methyl sites for hydroxylation is 1. The first-order valence-corrected chi connectivity index (χ1v) is 7.93. The van der Waals surface area contributed by atoms with Gasteiger partial charge in [0.1, 0.15) is 0 Å². The van der Waals surface area contributed by atoms with Crippen LogP contribution in [-0.2, 0) is 9.59 Å². The summed E-state index contributed by atoms with van der Waals surface area (Å²) in [6.07, 6.45) is -0.380. The molecule has 1 atom stereocenters. The van der Waals surface area contributed by atoms with Crippen LogP contribution in [0.4, 0.5) is 5.69 Å². The summed E-state index contributed by atoms with van der Waals surface area (Å²) in [6, 6.07) is 14.3. The van der Waals surface area contributed by atoms with Crippen LogP contribution in [0.2, 0.25) is 5.02 Å². The lowest BCUT2D eigenvalue weighted by atomic mass is 10.1. The second-order valence-electron chi connectivity index (χ2n) is 5.41. The van der Waals surface area contributed by atoms with E-state index in [-0.39, 0.29) is 6.54 Å². The maximum absolute atomic E-state index is 11.9. The van der Waals surface area contributed by atoms with Gasteiger partial charge in [0.25, 0.3) is 0 Å². The summed E-state index contributed by atoms with van der Waals surface area (Å²) in [7, 11) is 0. The Labute approximate surface area is 145 Å². The molecule has 0 radical (unpaired) electrons. The van der Waals surface area contributed by atoms with Crippen LogP contribution < -0.4 is 10.6 Å². The number of aliphatic hydroxyl groups excluding tert-OH is 1. The van der Waals surface area contributed by atoms with Crippen LogP contribution >= 0.6 is 11.6 Å². The van der Waals surface area contributed by atoms with Crippen molar-refractivity contribution in [1.29, 1.82) is 0 Å². The Hall–Kier alpha value is -2.37. The Balaban J connectivity index is 1.80. The van der Waals surface area contributed by atoms with Gasteiger partial charge >= 0.3 is 11.8 Å². The van der Waals surface area contributed by atoms with Crippen LogP contribution in [0.5, 0.6) is 0 Å². The lowest BCUT2D eigenvalue weighted by molar-refractivity contribution is -0.136. The molecule has 5 nitrogen and oxygen atoms in total. The zero-order valence-electron chi connectivity index (χ0n) is 13.3. The normalized spacial score (nSPS) is 11.6. The largest absolute Gasteiger partial charge is 0.388 e. The molecule has 126 valence electrons. The van der Waals surface area contributed by atoms with E-state index in [0.717, 1.165) is 11.1 Å². The number of carbonyl (C=O) groups is 2. The monoisotopic (exact) mass is 346 g/mol. The topological polar surface area (TPSA) is 78.4 Å². The summed E-state index contributed by atoms with van der Waals surface area (Å²) < 4.78 is 0. The van der Waals surface area contributed by atoms with Gasteiger partial charge in [0.05, 0.1) is 16.8 Å². The van der Waals surface area contributed by atoms with Crippen LogP contribution in [0.25, 0.3) is 0 Å². The van der Waals surface area contributed by atoms with Crippen molar-refractivity contribution in [3.63, 3.8) is 0 Å². The van der Waals surface area contributed by atoms with Crippen LogP contribution in [-0.4, -0.2) is 23.5 Å². The first kappa shape index (κ1) is 18.0. The summed E-state index contributed by atoms with van der Waals surface area (Å²) in [6.45, 7) is 2.06. The van der Waals surface area contributed by atoms with Crippen molar-refractivity contribution in [2.75, 3.05) is 11.9 Å². The van der Waals surface area contributed by atoms with E-state index in [2.05, 4.69) is 10.6 Å². The third kappa shape index (κ3) is 5.08.